The lowest BCUT2D eigenvalue weighted by Crippen LogP contribution is -2.41. The van der Waals surface area contributed by atoms with E-state index in [1.165, 1.54) is 12.1 Å². The first-order valence-corrected chi connectivity index (χ1v) is 6.07. The summed E-state index contributed by atoms with van der Waals surface area (Å²) >= 11 is 0. The smallest absolute Gasteiger partial charge is 0.277 e. The molecule has 0 saturated heterocycles. The zero-order chi connectivity index (χ0) is 14.3. The number of halogens is 2. The summed E-state index contributed by atoms with van der Waals surface area (Å²) in [5, 5.41) is 2.15. The van der Waals surface area contributed by atoms with E-state index in [0.29, 0.717) is 12.4 Å². The molecule has 6 heteroatoms. The van der Waals surface area contributed by atoms with Crippen LogP contribution in [0.2, 0.25) is 0 Å². The Labute approximate surface area is 110 Å². The van der Waals surface area contributed by atoms with Crippen LogP contribution in [0.1, 0.15) is 23.7 Å². The monoisotopic (exact) mass is 272 g/mol. The molecule has 0 heterocycles. The van der Waals surface area contributed by atoms with Crippen molar-refractivity contribution >= 4 is 5.91 Å². The Kier molecular flexibility index (Phi) is 5.69. The normalized spacial score (nSPS) is 11.2. The summed E-state index contributed by atoms with van der Waals surface area (Å²) in [6, 6.07) is 6.40. The first-order valence-electron chi connectivity index (χ1n) is 6.07. The van der Waals surface area contributed by atoms with Gasteiger partial charge in [-0.15, -0.1) is 0 Å². The highest BCUT2D eigenvalue weighted by atomic mass is 19.3. The number of carbonyl (C=O) groups excluding carboxylic acids is 1. The van der Waals surface area contributed by atoms with E-state index in [1.54, 1.807) is 12.1 Å². The molecule has 0 unspecified atom stereocenters. The van der Waals surface area contributed by atoms with Crippen molar-refractivity contribution < 1.29 is 18.3 Å². The van der Waals surface area contributed by atoms with Crippen molar-refractivity contribution in [1.29, 1.82) is 0 Å². The van der Waals surface area contributed by atoms with E-state index in [4.69, 9.17) is 10.5 Å². The first kappa shape index (κ1) is 15.4. The minimum atomic E-state index is -3.09. The number of amides is 1. The lowest BCUT2D eigenvalue weighted by Gasteiger charge is -2.14. The molecule has 1 rings (SSSR count). The van der Waals surface area contributed by atoms with Gasteiger partial charge >= 0.3 is 0 Å². The summed E-state index contributed by atoms with van der Waals surface area (Å²) in [5.74, 6) is -3.12. The maximum atomic E-state index is 12.9. The third-order valence-electron chi connectivity index (χ3n) is 2.38. The van der Waals surface area contributed by atoms with Crippen LogP contribution in [0.15, 0.2) is 24.3 Å². The summed E-state index contributed by atoms with van der Waals surface area (Å²) in [4.78, 5) is 11.7. The Morgan fingerprint density at radius 2 is 2.21 bits per heavy atom. The van der Waals surface area contributed by atoms with E-state index >= 15 is 0 Å². The highest BCUT2D eigenvalue weighted by Gasteiger charge is 2.27. The van der Waals surface area contributed by atoms with Gasteiger partial charge in [0.25, 0.3) is 11.8 Å². The molecule has 0 saturated carbocycles. The highest BCUT2D eigenvalue weighted by molar-refractivity contribution is 5.94. The van der Waals surface area contributed by atoms with Crippen molar-refractivity contribution in [3.63, 3.8) is 0 Å². The summed E-state index contributed by atoms with van der Waals surface area (Å²) < 4.78 is 31.2. The van der Waals surface area contributed by atoms with E-state index in [1.807, 2.05) is 6.92 Å². The zero-order valence-electron chi connectivity index (χ0n) is 10.8. The number of alkyl halides is 2. The average Bonchev–Trinajstić information content (AvgIpc) is 2.43. The van der Waals surface area contributed by atoms with E-state index in [9.17, 15) is 13.6 Å². The molecule has 0 spiro atoms. The number of rotatable bonds is 7. The Morgan fingerprint density at radius 3 is 2.84 bits per heavy atom. The molecular formula is C13H18F2N2O2. The van der Waals surface area contributed by atoms with Gasteiger partial charge in [0.15, 0.2) is 0 Å². The molecule has 1 aromatic carbocycles. The van der Waals surface area contributed by atoms with Crippen LogP contribution >= 0.6 is 0 Å². The number of hydrogen-bond donors (Lipinski definition) is 2. The zero-order valence-corrected chi connectivity index (χ0v) is 10.8. The molecule has 0 fully saturated rings. The van der Waals surface area contributed by atoms with E-state index in [-0.39, 0.29) is 5.56 Å². The highest BCUT2D eigenvalue weighted by Crippen LogP contribution is 2.14. The van der Waals surface area contributed by atoms with Crippen molar-refractivity contribution in [2.75, 3.05) is 19.7 Å². The minimum Gasteiger partial charge on any atom is -0.494 e. The number of ether oxygens (including phenoxy) is 1. The summed E-state index contributed by atoms with van der Waals surface area (Å²) in [6.07, 6.45) is 0.846. The number of nitrogens with one attached hydrogen (secondary N) is 1. The Morgan fingerprint density at radius 1 is 1.47 bits per heavy atom. The quantitative estimate of drug-likeness (QED) is 0.795. The molecule has 0 aliphatic carbocycles. The molecule has 0 aliphatic rings. The van der Waals surface area contributed by atoms with Crippen LogP contribution in [0.4, 0.5) is 8.78 Å². The minimum absolute atomic E-state index is 0.279. The van der Waals surface area contributed by atoms with Gasteiger partial charge in [-0.1, -0.05) is 13.0 Å². The third-order valence-corrected chi connectivity index (χ3v) is 2.38. The van der Waals surface area contributed by atoms with E-state index in [2.05, 4.69) is 5.32 Å². The molecule has 3 N–H and O–H groups in total. The Bertz CT molecular complexity index is 425. The topological polar surface area (TPSA) is 64.3 Å². The Hall–Kier alpha value is -1.69. The van der Waals surface area contributed by atoms with Crippen molar-refractivity contribution in [3.05, 3.63) is 29.8 Å². The molecule has 106 valence electrons. The summed E-state index contributed by atoms with van der Waals surface area (Å²) in [6.45, 7) is 0.928. The van der Waals surface area contributed by atoms with Gasteiger partial charge in [-0.3, -0.25) is 4.79 Å². The van der Waals surface area contributed by atoms with Crippen molar-refractivity contribution in [3.8, 4) is 5.75 Å². The SMILES string of the molecule is CCCOc1cccc(C(=O)NCC(F)(F)CN)c1. The fourth-order valence-corrected chi connectivity index (χ4v) is 1.33. The largest absolute Gasteiger partial charge is 0.494 e. The average molecular weight is 272 g/mol. The maximum absolute atomic E-state index is 12.9. The number of carbonyl (C=O) groups is 1. The molecule has 0 atom stereocenters. The molecule has 0 aromatic heterocycles. The standard InChI is InChI=1S/C13H18F2N2O2/c1-2-6-19-11-5-3-4-10(7-11)12(18)17-9-13(14,15)8-16/h3-5,7H,2,6,8-9,16H2,1H3,(H,17,18). The second-order valence-electron chi connectivity index (χ2n) is 4.12. The van der Waals surface area contributed by atoms with E-state index < -0.39 is 24.9 Å². The van der Waals surface area contributed by atoms with Crippen LogP contribution in [0.3, 0.4) is 0 Å². The van der Waals surface area contributed by atoms with Crippen LogP contribution in [-0.2, 0) is 0 Å². The molecule has 0 aliphatic heterocycles. The first-order chi connectivity index (χ1) is 8.98. The van der Waals surface area contributed by atoms with Gasteiger partial charge in [-0.05, 0) is 24.6 Å². The molecule has 19 heavy (non-hydrogen) atoms. The molecule has 4 nitrogen and oxygen atoms in total. The van der Waals surface area contributed by atoms with Crippen molar-refractivity contribution in [1.82, 2.24) is 5.32 Å². The molecule has 0 radical (unpaired) electrons. The number of benzene rings is 1. The predicted molar refractivity (Wildman–Crippen MR) is 68.6 cm³/mol. The fourth-order valence-electron chi connectivity index (χ4n) is 1.33. The van der Waals surface area contributed by atoms with Crippen LogP contribution in [0, 0.1) is 0 Å². The van der Waals surface area contributed by atoms with E-state index in [0.717, 1.165) is 6.42 Å². The predicted octanol–water partition coefficient (Wildman–Crippen LogP) is 1.80. The van der Waals surface area contributed by atoms with Crippen LogP contribution in [0.25, 0.3) is 0 Å². The number of nitrogens with two attached hydrogens (primary N) is 1. The summed E-state index contributed by atoms with van der Waals surface area (Å²) in [7, 11) is 0. The van der Waals surface area contributed by atoms with Gasteiger partial charge in [-0.25, -0.2) is 8.78 Å². The van der Waals surface area contributed by atoms with Gasteiger partial charge < -0.3 is 15.8 Å². The number of hydrogen-bond acceptors (Lipinski definition) is 3. The maximum Gasteiger partial charge on any atom is 0.277 e. The van der Waals surface area contributed by atoms with Gasteiger partial charge in [0, 0.05) is 5.56 Å². The van der Waals surface area contributed by atoms with Gasteiger partial charge in [0.2, 0.25) is 0 Å². The second kappa shape index (κ2) is 7.04. The molecule has 0 bridgehead atoms. The lowest BCUT2D eigenvalue weighted by molar-refractivity contribution is 0.0118. The molecule has 1 amide bonds. The van der Waals surface area contributed by atoms with Gasteiger partial charge in [0.05, 0.1) is 19.7 Å². The second-order valence-corrected chi connectivity index (χ2v) is 4.12. The molecule has 1 aromatic rings. The van der Waals surface area contributed by atoms with Crippen LogP contribution in [0.5, 0.6) is 5.75 Å². The van der Waals surface area contributed by atoms with Crippen molar-refractivity contribution in [2.45, 2.75) is 19.3 Å². The third kappa shape index (κ3) is 5.21. The van der Waals surface area contributed by atoms with Gasteiger partial charge in [-0.2, -0.15) is 0 Å². The molecular weight excluding hydrogens is 254 g/mol. The van der Waals surface area contributed by atoms with Crippen molar-refractivity contribution in [2.24, 2.45) is 5.73 Å². The van der Waals surface area contributed by atoms with Gasteiger partial charge in [0.1, 0.15) is 5.75 Å². The lowest BCUT2D eigenvalue weighted by atomic mass is 10.2. The fraction of sp³-hybridized carbons (Fsp3) is 0.462. The Balaban J connectivity index is 2.61. The van der Waals surface area contributed by atoms with Crippen LogP contribution in [-0.4, -0.2) is 31.5 Å². The summed E-state index contributed by atoms with van der Waals surface area (Å²) in [5.41, 5.74) is 5.17. The van der Waals surface area contributed by atoms with Crippen LogP contribution < -0.4 is 15.8 Å².